The lowest BCUT2D eigenvalue weighted by Gasteiger charge is -2.30. The monoisotopic (exact) mass is 354 g/mol. The summed E-state index contributed by atoms with van der Waals surface area (Å²) in [5.74, 6) is -1.05. The van der Waals surface area contributed by atoms with Crippen molar-refractivity contribution < 1.29 is 24.5 Å². The molecule has 0 fully saturated rings. The Morgan fingerprint density at radius 2 is 1.48 bits per heavy atom. The zero-order valence-electron chi connectivity index (χ0n) is 15.7. The van der Waals surface area contributed by atoms with E-state index in [1.165, 1.54) is 64.0 Å². The normalized spacial score (nSPS) is 25.3. The Kier molecular flexibility index (Phi) is 9.98. The molecule has 0 heterocycles. The predicted octanol–water partition coefficient (Wildman–Crippen LogP) is 3.46. The second-order valence-corrected chi connectivity index (χ2v) is 7.04. The van der Waals surface area contributed by atoms with Crippen molar-refractivity contribution in [3.8, 4) is 0 Å². The van der Waals surface area contributed by atoms with Gasteiger partial charge in [0.2, 0.25) is 0 Å². The summed E-state index contributed by atoms with van der Waals surface area (Å²) >= 11 is 0. The molecule has 1 aliphatic carbocycles. The van der Waals surface area contributed by atoms with Crippen molar-refractivity contribution in [1.29, 1.82) is 0 Å². The summed E-state index contributed by atoms with van der Waals surface area (Å²) in [7, 11) is 0. The molecule has 0 saturated carbocycles. The van der Waals surface area contributed by atoms with Gasteiger partial charge in [-0.05, 0) is 12.5 Å². The third-order valence-corrected chi connectivity index (χ3v) is 4.85. The number of unbranched alkanes of at least 4 members (excludes halogenated alkanes) is 9. The second kappa shape index (κ2) is 11.4. The standard InChI is InChI=1S/C20H34O5/c1-3-4-5-6-7-8-9-10-11-12-13-17(22)20(24)18(23)14-15-19(20)25-16(2)21/h14-15,18-19,23-24H,3-13H2,1-2H3/t18-,19+,20+/m1/s1. The van der Waals surface area contributed by atoms with Gasteiger partial charge < -0.3 is 14.9 Å². The van der Waals surface area contributed by atoms with E-state index in [4.69, 9.17) is 4.74 Å². The number of rotatable bonds is 13. The fourth-order valence-electron chi connectivity index (χ4n) is 3.27. The summed E-state index contributed by atoms with van der Waals surface area (Å²) in [5.41, 5.74) is -2.04. The Balaban J connectivity index is 2.21. The molecule has 0 amide bonds. The molecule has 5 heteroatoms. The van der Waals surface area contributed by atoms with Gasteiger partial charge in [-0.3, -0.25) is 9.59 Å². The van der Waals surface area contributed by atoms with E-state index in [0.717, 1.165) is 12.8 Å². The number of ether oxygens (including phenoxy) is 1. The van der Waals surface area contributed by atoms with Gasteiger partial charge >= 0.3 is 5.97 Å². The van der Waals surface area contributed by atoms with Gasteiger partial charge in [0.15, 0.2) is 17.5 Å². The molecule has 5 nitrogen and oxygen atoms in total. The third-order valence-electron chi connectivity index (χ3n) is 4.85. The topological polar surface area (TPSA) is 83.8 Å². The van der Waals surface area contributed by atoms with Crippen LogP contribution in [0.1, 0.15) is 84.5 Å². The number of Topliss-reactive ketones (excluding diaryl/α,β-unsaturated/α-hetero) is 1. The fourth-order valence-corrected chi connectivity index (χ4v) is 3.27. The van der Waals surface area contributed by atoms with E-state index in [9.17, 15) is 19.8 Å². The van der Waals surface area contributed by atoms with Crippen LogP contribution in [0.5, 0.6) is 0 Å². The van der Waals surface area contributed by atoms with Crippen molar-refractivity contribution in [2.75, 3.05) is 0 Å². The maximum atomic E-state index is 12.4. The molecular weight excluding hydrogens is 320 g/mol. The molecule has 2 N–H and O–H groups in total. The summed E-state index contributed by atoms with van der Waals surface area (Å²) in [4.78, 5) is 23.5. The van der Waals surface area contributed by atoms with Gasteiger partial charge in [0.1, 0.15) is 6.10 Å². The first kappa shape index (κ1) is 21.8. The van der Waals surface area contributed by atoms with Crippen molar-refractivity contribution in [2.45, 2.75) is 102 Å². The quantitative estimate of drug-likeness (QED) is 0.301. The van der Waals surface area contributed by atoms with E-state index in [-0.39, 0.29) is 6.42 Å². The average molecular weight is 354 g/mol. The minimum absolute atomic E-state index is 0.184. The summed E-state index contributed by atoms with van der Waals surface area (Å²) < 4.78 is 4.96. The fraction of sp³-hybridized carbons (Fsp3) is 0.800. The summed E-state index contributed by atoms with van der Waals surface area (Å²) in [6.45, 7) is 3.43. The lowest BCUT2D eigenvalue weighted by atomic mass is 9.88. The molecular formula is C20H34O5. The minimum atomic E-state index is -2.04. The lowest BCUT2D eigenvalue weighted by molar-refractivity contribution is -0.172. The molecule has 0 aromatic carbocycles. The van der Waals surface area contributed by atoms with Crippen molar-refractivity contribution in [1.82, 2.24) is 0 Å². The number of hydrogen-bond acceptors (Lipinski definition) is 5. The molecule has 1 rings (SSSR count). The molecule has 25 heavy (non-hydrogen) atoms. The molecule has 0 bridgehead atoms. The number of aliphatic hydroxyl groups is 2. The Morgan fingerprint density at radius 3 is 2.00 bits per heavy atom. The molecule has 1 aliphatic rings. The highest BCUT2D eigenvalue weighted by Crippen LogP contribution is 2.30. The lowest BCUT2D eigenvalue weighted by Crippen LogP contribution is -2.55. The van der Waals surface area contributed by atoms with Crippen LogP contribution in [-0.2, 0) is 14.3 Å². The number of esters is 1. The number of carbonyl (C=O) groups is 2. The number of aliphatic hydroxyl groups excluding tert-OH is 1. The Morgan fingerprint density at radius 1 is 0.960 bits per heavy atom. The van der Waals surface area contributed by atoms with Crippen LogP contribution in [0.4, 0.5) is 0 Å². The maximum Gasteiger partial charge on any atom is 0.303 e. The Bertz CT molecular complexity index is 445. The van der Waals surface area contributed by atoms with Crippen LogP contribution >= 0.6 is 0 Å². The van der Waals surface area contributed by atoms with Crippen molar-refractivity contribution >= 4 is 11.8 Å². The van der Waals surface area contributed by atoms with E-state index >= 15 is 0 Å². The molecule has 0 aliphatic heterocycles. The predicted molar refractivity (Wildman–Crippen MR) is 97.1 cm³/mol. The van der Waals surface area contributed by atoms with Crippen LogP contribution in [0.15, 0.2) is 12.2 Å². The average Bonchev–Trinajstić information content (AvgIpc) is 2.85. The highest BCUT2D eigenvalue weighted by atomic mass is 16.6. The van der Waals surface area contributed by atoms with E-state index in [1.54, 1.807) is 0 Å². The van der Waals surface area contributed by atoms with E-state index in [0.29, 0.717) is 6.42 Å². The molecule has 0 aromatic heterocycles. The van der Waals surface area contributed by atoms with Crippen LogP contribution in [0.2, 0.25) is 0 Å². The number of carbonyl (C=O) groups excluding carboxylic acids is 2. The molecule has 0 saturated heterocycles. The largest absolute Gasteiger partial charge is 0.455 e. The van der Waals surface area contributed by atoms with Gasteiger partial charge in [-0.15, -0.1) is 0 Å². The smallest absolute Gasteiger partial charge is 0.303 e. The van der Waals surface area contributed by atoms with Gasteiger partial charge in [0, 0.05) is 13.3 Å². The first-order chi connectivity index (χ1) is 11.9. The van der Waals surface area contributed by atoms with Crippen LogP contribution in [0.25, 0.3) is 0 Å². The summed E-state index contributed by atoms with van der Waals surface area (Å²) in [6, 6.07) is 0. The van der Waals surface area contributed by atoms with Crippen LogP contribution in [0, 0.1) is 0 Å². The number of ketones is 1. The van der Waals surface area contributed by atoms with Crippen LogP contribution in [-0.4, -0.2) is 39.8 Å². The SMILES string of the molecule is CCCCCCCCCCCCC(=O)[C@]1(O)[C@H](O)C=C[C@@H]1OC(C)=O. The molecule has 3 atom stereocenters. The molecule has 0 radical (unpaired) electrons. The van der Waals surface area contributed by atoms with Gasteiger partial charge in [-0.1, -0.05) is 70.8 Å². The molecule has 0 spiro atoms. The highest BCUT2D eigenvalue weighted by Gasteiger charge is 2.52. The van der Waals surface area contributed by atoms with E-state index in [1.807, 2.05) is 0 Å². The first-order valence-electron chi connectivity index (χ1n) is 9.72. The third kappa shape index (κ3) is 6.90. The first-order valence-corrected chi connectivity index (χ1v) is 9.72. The minimum Gasteiger partial charge on any atom is -0.455 e. The van der Waals surface area contributed by atoms with Crippen molar-refractivity contribution in [2.24, 2.45) is 0 Å². The molecule has 0 unspecified atom stereocenters. The van der Waals surface area contributed by atoms with Gasteiger partial charge in [-0.25, -0.2) is 0 Å². The van der Waals surface area contributed by atoms with Gasteiger partial charge in [0.25, 0.3) is 0 Å². The number of hydrogen-bond donors (Lipinski definition) is 2. The van der Waals surface area contributed by atoms with Gasteiger partial charge in [0.05, 0.1) is 0 Å². The zero-order valence-corrected chi connectivity index (χ0v) is 15.7. The molecule has 0 aromatic rings. The Hall–Kier alpha value is -1.20. The summed E-state index contributed by atoms with van der Waals surface area (Å²) in [5, 5.41) is 20.5. The second-order valence-electron chi connectivity index (χ2n) is 7.04. The van der Waals surface area contributed by atoms with Gasteiger partial charge in [-0.2, -0.15) is 0 Å². The van der Waals surface area contributed by atoms with Crippen molar-refractivity contribution in [3.05, 3.63) is 12.2 Å². The van der Waals surface area contributed by atoms with Crippen LogP contribution < -0.4 is 0 Å². The van der Waals surface area contributed by atoms with Crippen molar-refractivity contribution in [3.63, 3.8) is 0 Å². The van der Waals surface area contributed by atoms with E-state index in [2.05, 4.69) is 6.92 Å². The Labute approximate surface area is 151 Å². The van der Waals surface area contributed by atoms with E-state index < -0.39 is 29.6 Å². The van der Waals surface area contributed by atoms with Crippen LogP contribution in [0.3, 0.4) is 0 Å². The maximum absolute atomic E-state index is 12.4. The summed E-state index contributed by atoms with van der Waals surface area (Å²) in [6.07, 6.45) is 12.0. The zero-order chi connectivity index (χ0) is 18.7. The molecule has 144 valence electrons. The highest BCUT2D eigenvalue weighted by molar-refractivity contribution is 5.90.